The van der Waals surface area contributed by atoms with Crippen LogP contribution in [0, 0.1) is 23.7 Å². The summed E-state index contributed by atoms with van der Waals surface area (Å²) in [5, 5.41) is 3.39. The molecule has 0 radical (unpaired) electrons. The summed E-state index contributed by atoms with van der Waals surface area (Å²) in [6.45, 7) is 3.71. The van der Waals surface area contributed by atoms with Crippen LogP contribution in [-0.4, -0.2) is 19.0 Å². The third-order valence-electron chi connectivity index (χ3n) is 4.23. The number of rotatable bonds is 5. The van der Waals surface area contributed by atoms with E-state index < -0.39 is 0 Å². The van der Waals surface area contributed by atoms with Crippen LogP contribution in [0.15, 0.2) is 0 Å². The highest BCUT2D eigenvalue weighted by molar-refractivity contribution is 5.76. The molecular formula is C12H22N2O. The fourth-order valence-corrected chi connectivity index (χ4v) is 3.21. The van der Waals surface area contributed by atoms with Gasteiger partial charge in [0.05, 0.1) is 0 Å². The summed E-state index contributed by atoms with van der Waals surface area (Å²) >= 11 is 0. The molecule has 0 saturated heterocycles. The molecule has 0 heterocycles. The average molecular weight is 210 g/mol. The van der Waals surface area contributed by atoms with Crippen LogP contribution in [0.1, 0.15) is 32.6 Å². The number of nitrogens with two attached hydrogens (primary N) is 1. The Balaban J connectivity index is 1.64. The number of carbonyl (C=O) groups is 1. The van der Waals surface area contributed by atoms with Crippen molar-refractivity contribution in [2.24, 2.45) is 29.4 Å². The summed E-state index contributed by atoms with van der Waals surface area (Å²) in [5.41, 5.74) is 5.21. The Bertz CT molecular complexity index is 242. The molecule has 0 aromatic rings. The van der Waals surface area contributed by atoms with Crippen molar-refractivity contribution in [3.8, 4) is 0 Å². The van der Waals surface area contributed by atoms with E-state index in [0.29, 0.717) is 0 Å². The number of hydrogen-bond donors (Lipinski definition) is 2. The predicted octanol–water partition coefficient (Wildman–Crippen LogP) is 1.13. The summed E-state index contributed by atoms with van der Waals surface area (Å²) in [5.74, 6) is 2.60. The Kier molecular flexibility index (Phi) is 3.29. The molecule has 15 heavy (non-hydrogen) atoms. The molecule has 4 atom stereocenters. The molecule has 3 nitrogen and oxygen atoms in total. The number of amides is 1. The standard InChI is InChI=1S/C12H22N2O/c1-8(12(13)15)6-14-7-11-5-9-2-3-10(11)4-9/h8-11,14H,2-7H2,1H3,(H2,13,15). The lowest BCUT2D eigenvalue weighted by Crippen LogP contribution is -2.34. The molecule has 2 aliphatic carbocycles. The minimum Gasteiger partial charge on any atom is -0.369 e. The highest BCUT2D eigenvalue weighted by atomic mass is 16.1. The van der Waals surface area contributed by atoms with Crippen molar-refractivity contribution in [3.63, 3.8) is 0 Å². The molecule has 0 aromatic heterocycles. The van der Waals surface area contributed by atoms with Crippen LogP contribution >= 0.6 is 0 Å². The molecule has 3 heteroatoms. The quantitative estimate of drug-likeness (QED) is 0.715. The maximum Gasteiger partial charge on any atom is 0.221 e. The lowest BCUT2D eigenvalue weighted by atomic mass is 9.89. The van der Waals surface area contributed by atoms with E-state index >= 15 is 0 Å². The molecule has 2 bridgehead atoms. The van der Waals surface area contributed by atoms with Crippen molar-refractivity contribution in [1.29, 1.82) is 0 Å². The Morgan fingerprint density at radius 1 is 1.47 bits per heavy atom. The molecule has 86 valence electrons. The third-order valence-corrected chi connectivity index (χ3v) is 4.23. The van der Waals surface area contributed by atoms with Gasteiger partial charge < -0.3 is 11.1 Å². The first-order chi connectivity index (χ1) is 7.16. The van der Waals surface area contributed by atoms with Crippen molar-refractivity contribution >= 4 is 5.91 Å². The van der Waals surface area contributed by atoms with Gasteiger partial charge in [0.1, 0.15) is 0 Å². The second-order valence-electron chi connectivity index (χ2n) is 5.40. The Morgan fingerprint density at radius 3 is 2.80 bits per heavy atom. The SMILES string of the molecule is CC(CNCC1CC2CCC1C2)C(N)=O. The van der Waals surface area contributed by atoms with Crippen LogP contribution in [0.25, 0.3) is 0 Å². The molecular weight excluding hydrogens is 188 g/mol. The monoisotopic (exact) mass is 210 g/mol. The van der Waals surface area contributed by atoms with E-state index in [2.05, 4.69) is 5.32 Å². The molecule has 2 saturated carbocycles. The van der Waals surface area contributed by atoms with Crippen LogP contribution < -0.4 is 11.1 Å². The average Bonchev–Trinajstić information content (AvgIpc) is 2.78. The van der Waals surface area contributed by atoms with Gasteiger partial charge in [-0.2, -0.15) is 0 Å². The first-order valence-electron chi connectivity index (χ1n) is 6.17. The van der Waals surface area contributed by atoms with Gasteiger partial charge in [-0.05, 0) is 43.6 Å². The highest BCUT2D eigenvalue weighted by Crippen LogP contribution is 2.47. The van der Waals surface area contributed by atoms with Crippen molar-refractivity contribution in [2.75, 3.05) is 13.1 Å². The molecule has 2 fully saturated rings. The summed E-state index contributed by atoms with van der Waals surface area (Å²) in [6, 6.07) is 0. The van der Waals surface area contributed by atoms with Crippen LogP contribution in [0.4, 0.5) is 0 Å². The van der Waals surface area contributed by atoms with Crippen molar-refractivity contribution in [3.05, 3.63) is 0 Å². The maximum atomic E-state index is 10.8. The Hall–Kier alpha value is -0.570. The first kappa shape index (κ1) is 10.9. The minimum absolute atomic E-state index is 0.0383. The van der Waals surface area contributed by atoms with E-state index in [0.717, 1.165) is 30.8 Å². The zero-order chi connectivity index (χ0) is 10.8. The first-order valence-corrected chi connectivity index (χ1v) is 6.17. The van der Waals surface area contributed by atoms with E-state index in [4.69, 9.17) is 5.73 Å². The van der Waals surface area contributed by atoms with Gasteiger partial charge in [0.25, 0.3) is 0 Å². The maximum absolute atomic E-state index is 10.8. The lowest BCUT2D eigenvalue weighted by molar-refractivity contribution is -0.121. The zero-order valence-electron chi connectivity index (χ0n) is 9.54. The molecule has 2 aliphatic rings. The fraction of sp³-hybridized carbons (Fsp3) is 0.917. The number of nitrogens with one attached hydrogen (secondary N) is 1. The Labute approximate surface area is 91.8 Å². The van der Waals surface area contributed by atoms with Crippen LogP contribution in [-0.2, 0) is 4.79 Å². The molecule has 2 rings (SSSR count). The van der Waals surface area contributed by atoms with E-state index in [1.54, 1.807) is 0 Å². The van der Waals surface area contributed by atoms with Crippen LogP contribution in [0.3, 0.4) is 0 Å². The highest BCUT2D eigenvalue weighted by Gasteiger charge is 2.38. The van der Waals surface area contributed by atoms with Crippen molar-refractivity contribution in [2.45, 2.75) is 32.6 Å². The van der Waals surface area contributed by atoms with Gasteiger partial charge in [-0.15, -0.1) is 0 Å². The number of primary amides is 1. The number of fused-ring (bicyclic) bond motifs is 2. The molecule has 1 amide bonds. The summed E-state index contributed by atoms with van der Waals surface area (Å²) in [4.78, 5) is 10.8. The van der Waals surface area contributed by atoms with Gasteiger partial charge >= 0.3 is 0 Å². The van der Waals surface area contributed by atoms with Gasteiger partial charge in [0.15, 0.2) is 0 Å². The minimum atomic E-state index is -0.199. The lowest BCUT2D eigenvalue weighted by Gasteiger charge is -2.22. The van der Waals surface area contributed by atoms with Crippen LogP contribution in [0.2, 0.25) is 0 Å². The normalized spacial score (nSPS) is 35.7. The molecule has 0 aromatic carbocycles. The molecule has 0 spiro atoms. The summed E-state index contributed by atoms with van der Waals surface area (Å²) in [7, 11) is 0. The molecule has 0 aliphatic heterocycles. The van der Waals surface area contributed by atoms with Crippen molar-refractivity contribution < 1.29 is 4.79 Å². The van der Waals surface area contributed by atoms with Gasteiger partial charge in [-0.1, -0.05) is 13.3 Å². The summed E-state index contributed by atoms with van der Waals surface area (Å²) in [6.07, 6.45) is 5.75. The second-order valence-corrected chi connectivity index (χ2v) is 5.40. The van der Waals surface area contributed by atoms with E-state index in [1.165, 1.54) is 25.7 Å². The molecule has 3 N–H and O–H groups in total. The third kappa shape index (κ3) is 2.51. The van der Waals surface area contributed by atoms with Gasteiger partial charge in [0, 0.05) is 12.5 Å². The Morgan fingerprint density at radius 2 is 2.27 bits per heavy atom. The summed E-state index contributed by atoms with van der Waals surface area (Å²) < 4.78 is 0. The largest absolute Gasteiger partial charge is 0.369 e. The topological polar surface area (TPSA) is 55.1 Å². The van der Waals surface area contributed by atoms with Gasteiger partial charge in [-0.25, -0.2) is 0 Å². The van der Waals surface area contributed by atoms with E-state index in [9.17, 15) is 4.79 Å². The van der Waals surface area contributed by atoms with Crippen molar-refractivity contribution in [1.82, 2.24) is 5.32 Å². The fourth-order valence-electron chi connectivity index (χ4n) is 3.21. The smallest absolute Gasteiger partial charge is 0.221 e. The predicted molar refractivity (Wildman–Crippen MR) is 60.2 cm³/mol. The van der Waals surface area contributed by atoms with E-state index in [1.807, 2.05) is 6.92 Å². The van der Waals surface area contributed by atoms with Crippen LogP contribution in [0.5, 0.6) is 0 Å². The second kappa shape index (κ2) is 4.52. The molecule has 4 unspecified atom stereocenters. The van der Waals surface area contributed by atoms with Gasteiger partial charge in [0.2, 0.25) is 5.91 Å². The van der Waals surface area contributed by atoms with Gasteiger partial charge in [-0.3, -0.25) is 4.79 Å². The number of carbonyl (C=O) groups excluding carboxylic acids is 1. The number of hydrogen-bond acceptors (Lipinski definition) is 2. The van der Waals surface area contributed by atoms with E-state index in [-0.39, 0.29) is 11.8 Å². The zero-order valence-corrected chi connectivity index (χ0v) is 9.54.